The Labute approximate surface area is 65.1 Å². The summed E-state index contributed by atoms with van der Waals surface area (Å²) in [6.45, 7) is 6.13. The van der Waals surface area contributed by atoms with Crippen LogP contribution in [0.4, 0.5) is 0 Å². The van der Waals surface area contributed by atoms with Gasteiger partial charge in [0.2, 0.25) is 0 Å². The number of carbonyl (C=O) groups is 1. The average Bonchev–Trinajstić information content (AvgIpc) is 1.86. The molecule has 0 aliphatic carbocycles. The maximum Gasteiger partial charge on any atom is 0.334 e. The van der Waals surface area contributed by atoms with Crippen molar-refractivity contribution in [1.29, 1.82) is 0 Å². The van der Waals surface area contributed by atoms with Crippen molar-refractivity contribution in [2.24, 2.45) is 5.92 Å². The van der Waals surface area contributed by atoms with Crippen molar-refractivity contribution in [2.45, 2.75) is 19.8 Å². The normalized spacial score (nSPS) is 11.4. The molecule has 0 aliphatic rings. The summed E-state index contributed by atoms with van der Waals surface area (Å²) < 4.78 is 4.20. The highest BCUT2D eigenvalue weighted by Gasteiger charge is 2.31. The molecule has 4 heteroatoms. The molecule has 0 aromatic carbocycles. The van der Waals surface area contributed by atoms with Crippen molar-refractivity contribution in [3.8, 4) is 0 Å². The van der Waals surface area contributed by atoms with Crippen molar-refractivity contribution >= 4 is 5.97 Å². The standard InChI is InChI=1S/C7H12O4/c1-4-6(8)11-7(9,10)5(2)3/h4-5,9-10H,1H2,2-3H3. The summed E-state index contributed by atoms with van der Waals surface area (Å²) in [5.74, 6) is -3.83. The fourth-order valence-electron chi connectivity index (χ4n) is 0.308. The van der Waals surface area contributed by atoms with Gasteiger partial charge in [-0.15, -0.1) is 0 Å². The van der Waals surface area contributed by atoms with Crippen molar-refractivity contribution in [3.05, 3.63) is 12.7 Å². The molecular formula is C7H12O4. The summed E-state index contributed by atoms with van der Waals surface area (Å²) in [6, 6.07) is 0. The third-order valence-electron chi connectivity index (χ3n) is 1.17. The van der Waals surface area contributed by atoms with Crippen LogP contribution in [0.5, 0.6) is 0 Å². The van der Waals surface area contributed by atoms with Crippen LogP contribution in [0, 0.1) is 5.92 Å². The minimum atomic E-state index is -2.40. The molecule has 0 aromatic rings. The van der Waals surface area contributed by atoms with Gasteiger partial charge in [0.15, 0.2) is 0 Å². The predicted molar refractivity (Wildman–Crippen MR) is 38.3 cm³/mol. The highest BCUT2D eigenvalue weighted by molar-refractivity contribution is 5.81. The summed E-state index contributed by atoms with van der Waals surface area (Å²) in [7, 11) is 0. The lowest BCUT2D eigenvalue weighted by molar-refractivity contribution is -0.339. The van der Waals surface area contributed by atoms with Crippen LogP contribution in [0.3, 0.4) is 0 Å². The number of rotatable bonds is 3. The van der Waals surface area contributed by atoms with Crippen LogP contribution >= 0.6 is 0 Å². The van der Waals surface area contributed by atoms with Crippen molar-refractivity contribution < 1.29 is 19.7 Å². The van der Waals surface area contributed by atoms with Crippen LogP contribution in [-0.4, -0.2) is 22.2 Å². The lowest BCUT2D eigenvalue weighted by Gasteiger charge is -2.23. The van der Waals surface area contributed by atoms with E-state index in [9.17, 15) is 4.79 Å². The Morgan fingerprint density at radius 3 is 2.36 bits per heavy atom. The quantitative estimate of drug-likeness (QED) is 0.346. The first-order chi connectivity index (χ1) is 4.90. The van der Waals surface area contributed by atoms with Gasteiger partial charge in [0.05, 0.1) is 0 Å². The largest absolute Gasteiger partial charge is 0.405 e. The molecule has 0 atom stereocenters. The minimum absolute atomic E-state index is 0.577. The summed E-state index contributed by atoms with van der Waals surface area (Å²) in [4.78, 5) is 10.5. The van der Waals surface area contributed by atoms with E-state index in [1.807, 2.05) is 0 Å². The van der Waals surface area contributed by atoms with Gasteiger partial charge in [-0.25, -0.2) is 4.79 Å². The Kier molecular flexibility index (Phi) is 3.22. The summed E-state index contributed by atoms with van der Waals surface area (Å²) in [5.41, 5.74) is 0. The lowest BCUT2D eigenvalue weighted by atomic mass is 10.2. The van der Waals surface area contributed by atoms with Crippen LogP contribution in [-0.2, 0) is 9.53 Å². The van der Waals surface area contributed by atoms with E-state index in [1.165, 1.54) is 13.8 Å². The first-order valence-electron chi connectivity index (χ1n) is 3.20. The van der Waals surface area contributed by atoms with E-state index in [2.05, 4.69) is 11.3 Å². The molecule has 4 nitrogen and oxygen atoms in total. The van der Waals surface area contributed by atoms with Gasteiger partial charge >= 0.3 is 11.9 Å². The summed E-state index contributed by atoms with van der Waals surface area (Å²) >= 11 is 0. The second-order valence-electron chi connectivity index (χ2n) is 2.44. The van der Waals surface area contributed by atoms with Crippen LogP contribution < -0.4 is 0 Å². The number of ether oxygens (including phenoxy) is 1. The zero-order chi connectivity index (χ0) is 9.07. The monoisotopic (exact) mass is 160 g/mol. The van der Waals surface area contributed by atoms with E-state index in [4.69, 9.17) is 10.2 Å². The zero-order valence-corrected chi connectivity index (χ0v) is 6.57. The fraction of sp³-hybridized carbons (Fsp3) is 0.571. The first kappa shape index (κ1) is 10.1. The molecule has 0 bridgehead atoms. The van der Waals surface area contributed by atoms with E-state index < -0.39 is 17.9 Å². The molecule has 0 fully saturated rings. The molecule has 0 saturated heterocycles. The summed E-state index contributed by atoms with van der Waals surface area (Å²) in [6.07, 6.45) is 0.865. The Morgan fingerprint density at radius 1 is 1.64 bits per heavy atom. The average molecular weight is 160 g/mol. The maximum atomic E-state index is 10.5. The van der Waals surface area contributed by atoms with Crippen LogP contribution in [0.1, 0.15) is 13.8 Å². The van der Waals surface area contributed by atoms with Gasteiger partial charge < -0.3 is 14.9 Å². The number of aliphatic hydroxyl groups is 2. The Balaban J connectivity index is 4.11. The van der Waals surface area contributed by atoms with Crippen molar-refractivity contribution in [2.75, 3.05) is 0 Å². The van der Waals surface area contributed by atoms with Gasteiger partial charge in [-0.05, 0) is 0 Å². The Morgan fingerprint density at radius 2 is 2.09 bits per heavy atom. The molecule has 0 aromatic heterocycles. The minimum Gasteiger partial charge on any atom is -0.405 e. The number of esters is 1. The molecule has 0 spiro atoms. The smallest absolute Gasteiger partial charge is 0.334 e. The predicted octanol–water partition coefficient (Wildman–Crippen LogP) is 0.0100. The molecule has 0 saturated carbocycles. The van der Waals surface area contributed by atoms with Gasteiger partial charge in [0, 0.05) is 12.0 Å². The highest BCUT2D eigenvalue weighted by Crippen LogP contribution is 2.14. The third-order valence-corrected chi connectivity index (χ3v) is 1.17. The molecule has 11 heavy (non-hydrogen) atoms. The van der Waals surface area contributed by atoms with Gasteiger partial charge in [-0.3, -0.25) is 0 Å². The molecule has 0 radical (unpaired) electrons. The number of hydrogen-bond donors (Lipinski definition) is 2. The second kappa shape index (κ2) is 3.50. The third kappa shape index (κ3) is 3.15. The topological polar surface area (TPSA) is 66.8 Å². The van der Waals surface area contributed by atoms with Gasteiger partial charge in [-0.2, -0.15) is 0 Å². The van der Waals surface area contributed by atoms with E-state index in [1.54, 1.807) is 0 Å². The van der Waals surface area contributed by atoms with Crippen LogP contribution in [0.15, 0.2) is 12.7 Å². The molecule has 0 aliphatic heterocycles. The Hall–Kier alpha value is -0.870. The van der Waals surface area contributed by atoms with E-state index in [0.717, 1.165) is 6.08 Å². The highest BCUT2D eigenvalue weighted by atomic mass is 16.8. The molecule has 0 heterocycles. The Bertz CT molecular complexity index is 160. The SMILES string of the molecule is C=CC(=O)OC(O)(O)C(C)C. The second-order valence-corrected chi connectivity index (χ2v) is 2.44. The maximum absolute atomic E-state index is 10.5. The molecule has 64 valence electrons. The van der Waals surface area contributed by atoms with E-state index >= 15 is 0 Å². The lowest BCUT2D eigenvalue weighted by Crippen LogP contribution is -2.39. The zero-order valence-electron chi connectivity index (χ0n) is 6.57. The van der Waals surface area contributed by atoms with Crippen LogP contribution in [0.2, 0.25) is 0 Å². The molecule has 0 amide bonds. The van der Waals surface area contributed by atoms with Gasteiger partial charge in [0.1, 0.15) is 0 Å². The number of hydrogen-bond acceptors (Lipinski definition) is 4. The van der Waals surface area contributed by atoms with Gasteiger partial charge in [-0.1, -0.05) is 20.4 Å². The molecular weight excluding hydrogens is 148 g/mol. The van der Waals surface area contributed by atoms with Crippen molar-refractivity contribution in [3.63, 3.8) is 0 Å². The van der Waals surface area contributed by atoms with E-state index in [-0.39, 0.29) is 0 Å². The fourth-order valence-corrected chi connectivity index (χ4v) is 0.308. The molecule has 0 rings (SSSR count). The van der Waals surface area contributed by atoms with Crippen LogP contribution in [0.25, 0.3) is 0 Å². The first-order valence-corrected chi connectivity index (χ1v) is 3.20. The van der Waals surface area contributed by atoms with Crippen molar-refractivity contribution in [1.82, 2.24) is 0 Å². The summed E-state index contributed by atoms with van der Waals surface area (Å²) in [5, 5.41) is 17.9. The molecule has 2 N–H and O–H groups in total. The van der Waals surface area contributed by atoms with E-state index in [0.29, 0.717) is 0 Å². The molecule has 0 unspecified atom stereocenters. The number of carbonyl (C=O) groups excluding carboxylic acids is 1. The van der Waals surface area contributed by atoms with Gasteiger partial charge in [0.25, 0.3) is 0 Å².